The van der Waals surface area contributed by atoms with Crippen molar-refractivity contribution in [3.8, 4) is 0 Å². The van der Waals surface area contributed by atoms with Crippen LogP contribution in [0.5, 0.6) is 0 Å². The van der Waals surface area contributed by atoms with Gasteiger partial charge in [0, 0.05) is 19.3 Å². The van der Waals surface area contributed by atoms with Gasteiger partial charge in [-0.2, -0.15) is 0 Å². The average molecular weight is 249 g/mol. The number of rotatable bonds is 3. The molecule has 1 aliphatic rings. The van der Waals surface area contributed by atoms with Crippen molar-refractivity contribution in [1.82, 2.24) is 14.9 Å². The van der Waals surface area contributed by atoms with Crippen LogP contribution in [0.1, 0.15) is 34.7 Å². The molecule has 0 spiro atoms. The first kappa shape index (κ1) is 12.5. The largest absolute Gasteiger partial charge is 0.478 e. The summed E-state index contributed by atoms with van der Waals surface area (Å²) in [5, 5.41) is 8.86. The van der Waals surface area contributed by atoms with E-state index in [1.807, 2.05) is 0 Å². The molecule has 6 heteroatoms. The lowest BCUT2D eigenvalue weighted by Gasteiger charge is -2.14. The number of hydrogen-bond donors (Lipinski definition) is 1. The van der Waals surface area contributed by atoms with Crippen LogP contribution in [0.15, 0.2) is 6.20 Å². The Balaban J connectivity index is 2.07. The van der Waals surface area contributed by atoms with Crippen molar-refractivity contribution in [1.29, 1.82) is 0 Å². The summed E-state index contributed by atoms with van der Waals surface area (Å²) in [5.41, 5.74) is 0.467. The number of hydrogen-bond acceptors (Lipinski definition) is 4. The molecule has 1 aromatic heterocycles. The maximum atomic E-state index is 11.9. The Kier molecular flexibility index (Phi) is 3.55. The standard InChI is InChI=1S/C12H15N3O3/c1-8-9(12(17)18)7-13-10(14-8)6-11(16)15-4-2-3-5-15/h7H,2-6H2,1H3,(H,17,18). The maximum Gasteiger partial charge on any atom is 0.339 e. The topological polar surface area (TPSA) is 83.4 Å². The third-order valence-corrected chi connectivity index (χ3v) is 3.03. The number of carboxylic acid groups (broad SMARTS) is 1. The van der Waals surface area contributed by atoms with Gasteiger partial charge in [-0.1, -0.05) is 0 Å². The van der Waals surface area contributed by atoms with E-state index in [1.165, 1.54) is 6.20 Å². The molecule has 1 saturated heterocycles. The van der Waals surface area contributed by atoms with Crippen LogP contribution in [-0.4, -0.2) is 44.9 Å². The Morgan fingerprint density at radius 3 is 2.61 bits per heavy atom. The van der Waals surface area contributed by atoms with Crippen molar-refractivity contribution in [2.24, 2.45) is 0 Å². The fourth-order valence-electron chi connectivity index (χ4n) is 2.02. The summed E-state index contributed by atoms with van der Waals surface area (Å²) in [6, 6.07) is 0. The zero-order valence-corrected chi connectivity index (χ0v) is 10.2. The summed E-state index contributed by atoms with van der Waals surface area (Å²) in [5.74, 6) is -0.658. The van der Waals surface area contributed by atoms with Crippen molar-refractivity contribution in [2.75, 3.05) is 13.1 Å². The van der Waals surface area contributed by atoms with E-state index < -0.39 is 5.97 Å². The minimum Gasteiger partial charge on any atom is -0.478 e. The number of aromatic nitrogens is 2. The van der Waals surface area contributed by atoms with Crippen LogP contribution >= 0.6 is 0 Å². The molecule has 18 heavy (non-hydrogen) atoms. The monoisotopic (exact) mass is 249 g/mol. The summed E-state index contributed by atoms with van der Waals surface area (Å²) in [7, 11) is 0. The summed E-state index contributed by atoms with van der Waals surface area (Å²) in [4.78, 5) is 32.5. The molecule has 0 bridgehead atoms. The molecule has 2 rings (SSSR count). The number of aryl methyl sites for hydroxylation is 1. The Hall–Kier alpha value is -1.98. The molecule has 1 N–H and O–H groups in total. The molecule has 96 valence electrons. The summed E-state index contributed by atoms with van der Waals surface area (Å²) >= 11 is 0. The van der Waals surface area contributed by atoms with Crippen LogP contribution in [-0.2, 0) is 11.2 Å². The van der Waals surface area contributed by atoms with E-state index in [-0.39, 0.29) is 17.9 Å². The average Bonchev–Trinajstić information content (AvgIpc) is 2.81. The minimum atomic E-state index is -1.05. The molecule has 0 saturated carbocycles. The number of aromatic carboxylic acids is 1. The molecular formula is C12H15N3O3. The molecule has 1 amide bonds. The highest BCUT2D eigenvalue weighted by atomic mass is 16.4. The lowest BCUT2D eigenvalue weighted by atomic mass is 10.2. The summed E-state index contributed by atoms with van der Waals surface area (Å²) in [6.07, 6.45) is 3.49. The Morgan fingerprint density at radius 2 is 2.06 bits per heavy atom. The summed E-state index contributed by atoms with van der Waals surface area (Å²) < 4.78 is 0. The van der Waals surface area contributed by atoms with E-state index >= 15 is 0 Å². The molecule has 1 fully saturated rings. The van der Waals surface area contributed by atoms with Gasteiger partial charge in [0.25, 0.3) is 0 Å². The second kappa shape index (κ2) is 5.12. The van der Waals surface area contributed by atoms with Crippen molar-refractivity contribution in [2.45, 2.75) is 26.2 Å². The molecule has 0 radical (unpaired) electrons. The van der Waals surface area contributed by atoms with Crippen LogP contribution in [0.3, 0.4) is 0 Å². The van der Waals surface area contributed by atoms with Gasteiger partial charge in [-0.3, -0.25) is 4.79 Å². The number of nitrogens with zero attached hydrogens (tertiary/aromatic N) is 3. The fraction of sp³-hybridized carbons (Fsp3) is 0.500. The molecule has 0 unspecified atom stereocenters. The van der Waals surface area contributed by atoms with Gasteiger partial charge in [-0.25, -0.2) is 14.8 Å². The Bertz CT molecular complexity index is 481. The van der Waals surface area contributed by atoms with E-state index in [4.69, 9.17) is 5.11 Å². The smallest absolute Gasteiger partial charge is 0.339 e. The molecule has 1 aromatic rings. The van der Waals surface area contributed by atoms with E-state index in [0.717, 1.165) is 25.9 Å². The molecule has 0 aliphatic carbocycles. The van der Waals surface area contributed by atoms with Crippen molar-refractivity contribution < 1.29 is 14.7 Å². The molecule has 1 aliphatic heterocycles. The van der Waals surface area contributed by atoms with Crippen molar-refractivity contribution in [3.05, 3.63) is 23.3 Å². The lowest BCUT2D eigenvalue weighted by Crippen LogP contribution is -2.29. The van der Waals surface area contributed by atoms with Crippen LogP contribution in [0.2, 0.25) is 0 Å². The van der Waals surface area contributed by atoms with Gasteiger partial charge in [0.1, 0.15) is 5.82 Å². The van der Waals surface area contributed by atoms with E-state index in [1.54, 1.807) is 11.8 Å². The number of amides is 1. The summed E-state index contributed by atoms with van der Waals surface area (Å²) in [6.45, 7) is 3.20. The zero-order chi connectivity index (χ0) is 13.1. The Labute approximate surface area is 105 Å². The zero-order valence-electron chi connectivity index (χ0n) is 10.2. The highest BCUT2D eigenvalue weighted by molar-refractivity contribution is 5.88. The number of likely N-dealkylation sites (tertiary alicyclic amines) is 1. The first-order chi connectivity index (χ1) is 8.58. The maximum absolute atomic E-state index is 11.9. The van der Waals surface area contributed by atoms with Gasteiger partial charge in [0.05, 0.1) is 17.7 Å². The molecule has 0 atom stereocenters. The predicted octanol–water partition coefficient (Wildman–Crippen LogP) is 0.648. The van der Waals surface area contributed by atoms with Gasteiger partial charge in [0.15, 0.2) is 0 Å². The third kappa shape index (κ3) is 2.64. The van der Waals surface area contributed by atoms with E-state index in [9.17, 15) is 9.59 Å². The van der Waals surface area contributed by atoms with Crippen LogP contribution in [0.25, 0.3) is 0 Å². The molecule has 6 nitrogen and oxygen atoms in total. The minimum absolute atomic E-state index is 0.00924. The quantitative estimate of drug-likeness (QED) is 0.850. The van der Waals surface area contributed by atoms with E-state index in [2.05, 4.69) is 9.97 Å². The van der Waals surface area contributed by atoms with Gasteiger partial charge >= 0.3 is 5.97 Å². The SMILES string of the molecule is Cc1nc(CC(=O)N2CCCC2)ncc1C(=O)O. The van der Waals surface area contributed by atoms with Gasteiger partial charge < -0.3 is 10.0 Å². The van der Waals surface area contributed by atoms with E-state index in [0.29, 0.717) is 11.5 Å². The lowest BCUT2D eigenvalue weighted by molar-refractivity contribution is -0.129. The first-order valence-electron chi connectivity index (χ1n) is 5.91. The highest BCUT2D eigenvalue weighted by Crippen LogP contribution is 2.10. The van der Waals surface area contributed by atoms with Crippen molar-refractivity contribution >= 4 is 11.9 Å². The van der Waals surface area contributed by atoms with Gasteiger partial charge in [0.2, 0.25) is 5.91 Å². The fourth-order valence-corrected chi connectivity index (χ4v) is 2.02. The third-order valence-electron chi connectivity index (χ3n) is 3.03. The predicted molar refractivity (Wildman–Crippen MR) is 63.2 cm³/mol. The molecule has 2 heterocycles. The normalized spacial score (nSPS) is 14.8. The Morgan fingerprint density at radius 1 is 1.39 bits per heavy atom. The second-order valence-corrected chi connectivity index (χ2v) is 4.36. The second-order valence-electron chi connectivity index (χ2n) is 4.36. The van der Waals surface area contributed by atoms with Gasteiger partial charge in [-0.05, 0) is 19.8 Å². The van der Waals surface area contributed by atoms with Crippen LogP contribution in [0, 0.1) is 6.92 Å². The molecular weight excluding hydrogens is 234 g/mol. The first-order valence-corrected chi connectivity index (χ1v) is 5.91. The molecule has 0 aromatic carbocycles. The number of carbonyl (C=O) groups excluding carboxylic acids is 1. The van der Waals surface area contributed by atoms with Gasteiger partial charge in [-0.15, -0.1) is 0 Å². The van der Waals surface area contributed by atoms with Crippen LogP contribution < -0.4 is 0 Å². The van der Waals surface area contributed by atoms with Crippen molar-refractivity contribution in [3.63, 3.8) is 0 Å². The number of carboxylic acids is 1. The van der Waals surface area contributed by atoms with Crippen LogP contribution in [0.4, 0.5) is 0 Å². The number of carbonyl (C=O) groups is 2. The highest BCUT2D eigenvalue weighted by Gasteiger charge is 2.19.